The lowest BCUT2D eigenvalue weighted by atomic mass is 9.77. The molecule has 3 fully saturated rings. The first-order valence-electron chi connectivity index (χ1n) is 12.0. The number of carboxylic acids is 1. The SMILES string of the molecule is NC(=O)NCCCC1(C(=O)O)NC(C=Cc2ccccc2)C2C(=O)N(C3CCCCC3)C(=O)C21. The molecule has 4 unspecified atom stereocenters. The number of likely N-dealkylation sites (tertiary alicyclic amines) is 1. The number of carboxylic acid groups (broad SMARTS) is 1. The van der Waals surface area contributed by atoms with Gasteiger partial charge in [-0.3, -0.25) is 24.6 Å². The highest BCUT2D eigenvalue weighted by Crippen LogP contribution is 2.47. The van der Waals surface area contributed by atoms with Gasteiger partial charge in [-0.25, -0.2) is 4.79 Å². The predicted molar refractivity (Wildman–Crippen MR) is 125 cm³/mol. The largest absolute Gasteiger partial charge is 0.480 e. The quantitative estimate of drug-likeness (QED) is 0.339. The molecule has 4 amide bonds. The highest BCUT2D eigenvalue weighted by molar-refractivity contribution is 6.10. The molecule has 1 aromatic carbocycles. The molecule has 1 aromatic rings. The number of rotatable bonds is 8. The lowest BCUT2D eigenvalue weighted by molar-refractivity contribution is -0.153. The summed E-state index contributed by atoms with van der Waals surface area (Å²) in [6.45, 7) is 0.183. The van der Waals surface area contributed by atoms with Crippen LogP contribution in [0, 0.1) is 11.8 Å². The molecule has 5 N–H and O–H groups in total. The van der Waals surface area contributed by atoms with Crippen molar-refractivity contribution in [1.82, 2.24) is 15.5 Å². The molecule has 2 saturated heterocycles. The Kier molecular flexibility index (Phi) is 7.02. The molecule has 0 aromatic heterocycles. The van der Waals surface area contributed by atoms with Gasteiger partial charge in [0.2, 0.25) is 11.8 Å². The number of benzene rings is 1. The van der Waals surface area contributed by atoms with Crippen LogP contribution in [0.25, 0.3) is 6.08 Å². The number of primary amides is 1. The van der Waals surface area contributed by atoms with Crippen LogP contribution in [0.15, 0.2) is 36.4 Å². The number of carbonyl (C=O) groups is 4. The molecule has 0 spiro atoms. The number of amides is 4. The van der Waals surface area contributed by atoms with Gasteiger partial charge in [0.25, 0.3) is 0 Å². The lowest BCUT2D eigenvalue weighted by Gasteiger charge is -2.34. The third-order valence-electron chi connectivity index (χ3n) is 7.39. The summed E-state index contributed by atoms with van der Waals surface area (Å²) in [6, 6.07) is 8.06. The molecule has 2 aliphatic heterocycles. The fourth-order valence-electron chi connectivity index (χ4n) is 5.82. The molecule has 0 bridgehead atoms. The van der Waals surface area contributed by atoms with Gasteiger partial charge in [0.05, 0.1) is 11.8 Å². The normalized spacial score (nSPS) is 29.5. The zero-order valence-electron chi connectivity index (χ0n) is 19.1. The van der Waals surface area contributed by atoms with Crippen LogP contribution in [-0.2, 0) is 14.4 Å². The molecular formula is C25H32N4O5. The number of urea groups is 1. The summed E-state index contributed by atoms with van der Waals surface area (Å²) in [7, 11) is 0. The number of fused-ring (bicyclic) bond motifs is 1. The number of hydrogen-bond donors (Lipinski definition) is 4. The van der Waals surface area contributed by atoms with Crippen LogP contribution in [0.4, 0.5) is 4.79 Å². The average molecular weight is 469 g/mol. The molecule has 34 heavy (non-hydrogen) atoms. The molecule has 2 heterocycles. The van der Waals surface area contributed by atoms with Gasteiger partial charge >= 0.3 is 12.0 Å². The second-order valence-electron chi connectivity index (χ2n) is 9.45. The second-order valence-corrected chi connectivity index (χ2v) is 9.45. The summed E-state index contributed by atoms with van der Waals surface area (Å²) in [5.74, 6) is -3.62. The minimum absolute atomic E-state index is 0.0803. The number of hydrogen-bond acceptors (Lipinski definition) is 5. The molecule has 4 rings (SSSR count). The van der Waals surface area contributed by atoms with Gasteiger partial charge < -0.3 is 16.2 Å². The molecular weight excluding hydrogens is 436 g/mol. The fraction of sp³-hybridized carbons (Fsp3) is 0.520. The maximum absolute atomic E-state index is 13.7. The highest BCUT2D eigenvalue weighted by Gasteiger charge is 2.68. The molecule has 9 heteroatoms. The Bertz CT molecular complexity index is 975. The predicted octanol–water partition coefficient (Wildman–Crippen LogP) is 1.88. The Labute approximate surface area is 198 Å². The topological polar surface area (TPSA) is 142 Å². The van der Waals surface area contributed by atoms with E-state index in [1.54, 1.807) is 6.08 Å². The third-order valence-corrected chi connectivity index (χ3v) is 7.39. The van der Waals surface area contributed by atoms with E-state index in [2.05, 4.69) is 10.6 Å². The van der Waals surface area contributed by atoms with Crippen molar-refractivity contribution < 1.29 is 24.3 Å². The first kappa shape index (κ1) is 23.9. The zero-order valence-corrected chi connectivity index (χ0v) is 19.1. The van der Waals surface area contributed by atoms with Crippen LogP contribution in [0.1, 0.15) is 50.5 Å². The number of imide groups is 1. The van der Waals surface area contributed by atoms with E-state index in [0.29, 0.717) is 6.42 Å². The minimum atomic E-state index is -1.61. The van der Waals surface area contributed by atoms with Crippen LogP contribution in [-0.4, -0.2) is 58.0 Å². The van der Waals surface area contributed by atoms with Crippen molar-refractivity contribution in [3.63, 3.8) is 0 Å². The number of nitrogens with one attached hydrogen (secondary N) is 2. The van der Waals surface area contributed by atoms with Crippen LogP contribution in [0.3, 0.4) is 0 Å². The van der Waals surface area contributed by atoms with Crippen molar-refractivity contribution in [2.24, 2.45) is 17.6 Å². The van der Waals surface area contributed by atoms with E-state index in [-0.39, 0.29) is 24.9 Å². The Morgan fingerprint density at radius 3 is 2.50 bits per heavy atom. The molecule has 4 atom stereocenters. The Morgan fingerprint density at radius 2 is 1.85 bits per heavy atom. The van der Waals surface area contributed by atoms with E-state index >= 15 is 0 Å². The number of aliphatic carboxylic acids is 1. The van der Waals surface area contributed by atoms with Crippen LogP contribution < -0.4 is 16.4 Å². The minimum Gasteiger partial charge on any atom is -0.480 e. The summed E-state index contributed by atoms with van der Waals surface area (Å²) in [5, 5.41) is 16.0. The lowest BCUT2D eigenvalue weighted by Crippen LogP contribution is -2.57. The van der Waals surface area contributed by atoms with Crippen molar-refractivity contribution >= 4 is 29.9 Å². The first-order valence-corrected chi connectivity index (χ1v) is 12.0. The van der Waals surface area contributed by atoms with Gasteiger partial charge in [-0.1, -0.05) is 61.7 Å². The number of nitrogens with two attached hydrogens (primary N) is 1. The van der Waals surface area contributed by atoms with Gasteiger partial charge in [-0.15, -0.1) is 0 Å². The van der Waals surface area contributed by atoms with Crippen molar-refractivity contribution in [1.29, 1.82) is 0 Å². The van der Waals surface area contributed by atoms with E-state index in [1.807, 2.05) is 36.4 Å². The van der Waals surface area contributed by atoms with E-state index in [9.17, 15) is 24.3 Å². The van der Waals surface area contributed by atoms with Crippen molar-refractivity contribution in [2.75, 3.05) is 6.54 Å². The van der Waals surface area contributed by atoms with E-state index in [0.717, 1.165) is 37.7 Å². The van der Waals surface area contributed by atoms with Crippen molar-refractivity contribution in [3.05, 3.63) is 42.0 Å². The zero-order chi connectivity index (χ0) is 24.3. The summed E-state index contributed by atoms with van der Waals surface area (Å²) in [6.07, 6.45) is 8.54. The Morgan fingerprint density at radius 1 is 1.15 bits per heavy atom. The van der Waals surface area contributed by atoms with Gasteiger partial charge in [0, 0.05) is 18.6 Å². The van der Waals surface area contributed by atoms with Crippen LogP contribution in [0.5, 0.6) is 0 Å². The molecule has 182 valence electrons. The second kappa shape index (κ2) is 9.97. The third kappa shape index (κ3) is 4.44. The van der Waals surface area contributed by atoms with Crippen LogP contribution in [0.2, 0.25) is 0 Å². The smallest absolute Gasteiger partial charge is 0.324 e. The highest BCUT2D eigenvalue weighted by atomic mass is 16.4. The van der Waals surface area contributed by atoms with Crippen LogP contribution >= 0.6 is 0 Å². The van der Waals surface area contributed by atoms with Crippen molar-refractivity contribution in [3.8, 4) is 0 Å². The van der Waals surface area contributed by atoms with Gasteiger partial charge in [-0.05, 0) is 31.2 Å². The number of nitrogens with zero attached hydrogens (tertiary/aromatic N) is 1. The van der Waals surface area contributed by atoms with E-state index in [1.165, 1.54) is 4.90 Å². The Hall–Kier alpha value is -3.20. The van der Waals surface area contributed by atoms with Gasteiger partial charge in [-0.2, -0.15) is 0 Å². The standard InChI is InChI=1S/C25H32N4O5/c26-24(34)27-15-7-14-25(23(32)33)20-19(18(28-25)13-12-16-8-3-1-4-9-16)21(30)29(22(20)31)17-10-5-2-6-11-17/h1,3-4,8-9,12-13,17-20,28H,2,5-7,10-11,14-15H2,(H,32,33)(H3,26,27,34). The molecule has 9 nitrogen and oxygen atoms in total. The van der Waals surface area contributed by atoms with E-state index < -0.39 is 41.3 Å². The summed E-state index contributed by atoms with van der Waals surface area (Å²) >= 11 is 0. The van der Waals surface area contributed by atoms with Gasteiger partial charge in [0.15, 0.2) is 0 Å². The first-order chi connectivity index (χ1) is 16.3. The Balaban J connectivity index is 1.66. The maximum Gasteiger partial charge on any atom is 0.324 e. The monoisotopic (exact) mass is 468 g/mol. The molecule has 1 aliphatic carbocycles. The fourth-order valence-corrected chi connectivity index (χ4v) is 5.82. The van der Waals surface area contributed by atoms with E-state index in [4.69, 9.17) is 5.73 Å². The summed E-state index contributed by atoms with van der Waals surface area (Å²) in [4.78, 5) is 52.4. The van der Waals surface area contributed by atoms with Crippen molar-refractivity contribution in [2.45, 2.75) is 62.6 Å². The number of carbonyl (C=O) groups excluding carboxylic acids is 3. The maximum atomic E-state index is 13.7. The molecule has 0 radical (unpaired) electrons. The molecule has 3 aliphatic rings. The molecule has 1 saturated carbocycles. The summed E-state index contributed by atoms with van der Waals surface area (Å²) < 4.78 is 0. The summed E-state index contributed by atoms with van der Waals surface area (Å²) in [5.41, 5.74) is 4.44. The van der Waals surface area contributed by atoms with Gasteiger partial charge in [0.1, 0.15) is 5.54 Å². The average Bonchev–Trinajstić information content (AvgIpc) is 3.30.